The summed E-state index contributed by atoms with van der Waals surface area (Å²) in [5.74, 6) is -2.32. The standard InChI is InChI=1S/C6H15NO3Si.C3H7NO3/c1-11(2,3)6(10)4(7)5(8)9;4-2(1-5)3(6)7/h4,6,10H,7H2,1-3H3,(H,8,9);2,5H,1,4H2,(H,6,7)/t4-,6?;2-/m10/s1. The third-order valence-corrected chi connectivity index (χ3v) is 4.16. The minimum absolute atomic E-state index is 0.505. The summed E-state index contributed by atoms with van der Waals surface area (Å²) in [7, 11) is -1.84. The largest absolute Gasteiger partial charge is 0.480 e. The molecule has 0 saturated carbocycles. The van der Waals surface area contributed by atoms with Crippen molar-refractivity contribution in [2.24, 2.45) is 11.5 Å². The Morgan fingerprint density at radius 1 is 1.11 bits per heavy atom. The molecule has 0 aliphatic heterocycles. The molecule has 8 nitrogen and oxygen atoms in total. The fourth-order valence-corrected chi connectivity index (χ4v) is 1.97. The first-order chi connectivity index (χ1) is 7.95. The normalized spacial score (nSPS) is 15.9. The Morgan fingerprint density at radius 3 is 1.56 bits per heavy atom. The van der Waals surface area contributed by atoms with Crippen LogP contribution in [0.2, 0.25) is 19.6 Å². The van der Waals surface area contributed by atoms with E-state index in [0.29, 0.717) is 0 Å². The van der Waals surface area contributed by atoms with Gasteiger partial charge in [0.2, 0.25) is 0 Å². The van der Waals surface area contributed by atoms with E-state index < -0.39 is 44.4 Å². The van der Waals surface area contributed by atoms with Crippen molar-refractivity contribution < 1.29 is 30.0 Å². The zero-order valence-corrected chi connectivity index (χ0v) is 11.7. The topological polar surface area (TPSA) is 167 Å². The highest BCUT2D eigenvalue weighted by Crippen LogP contribution is 2.09. The summed E-state index contributed by atoms with van der Waals surface area (Å²) in [6, 6.07) is -2.26. The molecule has 0 aromatic rings. The number of nitrogens with two attached hydrogens (primary N) is 2. The van der Waals surface area contributed by atoms with Crippen molar-refractivity contribution in [3.05, 3.63) is 0 Å². The lowest BCUT2D eigenvalue weighted by molar-refractivity contribution is -0.140. The zero-order valence-electron chi connectivity index (χ0n) is 10.7. The number of carbonyl (C=O) groups is 2. The van der Waals surface area contributed by atoms with E-state index in [1.807, 2.05) is 19.6 Å². The van der Waals surface area contributed by atoms with Gasteiger partial charge in [0.1, 0.15) is 12.1 Å². The van der Waals surface area contributed by atoms with Gasteiger partial charge in [-0.15, -0.1) is 0 Å². The number of aliphatic hydroxyl groups is 2. The van der Waals surface area contributed by atoms with E-state index in [2.05, 4.69) is 0 Å². The third kappa shape index (κ3) is 8.14. The molecule has 108 valence electrons. The monoisotopic (exact) mass is 282 g/mol. The lowest BCUT2D eigenvalue weighted by Gasteiger charge is -2.26. The van der Waals surface area contributed by atoms with E-state index in [1.165, 1.54) is 0 Å². The molecule has 0 aromatic heterocycles. The maximum Gasteiger partial charge on any atom is 0.322 e. The first kappa shape index (κ1) is 19.3. The number of rotatable bonds is 5. The molecule has 0 aromatic carbocycles. The predicted octanol–water partition coefficient (Wildman–Crippen LogP) is -1.97. The summed E-state index contributed by atoms with van der Waals surface area (Å²) in [5, 5.41) is 33.7. The number of hydrogen-bond donors (Lipinski definition) is 6. The first-order valence-electron chi connectivity index (χ1n) is 5.20. The minimum Gasteiger partial charge on any atom is -0.480 e. The summed E-state index contributed by atoms with van der Waals surface area (Å²) in [5.41, 5.74) is 9.12. The minimum atomic E-state index is -1.84. The summed E-state index contributed by atoms with van der Waals surface area (Å²) >= 11 is 0. The van der Waals surface area contributed by atoms with Gasteiger partial charge in [-0.2, -0.15) is 0 Å². The Balaban J connectivity index is 0. The molecule has 3 atom stereocenters. The highest BCUT2D eigenvalue weighted by molar-refractivity contribution is 6.77. The molecule has 0 radical (unpaired) electrons. The molecule has 0 rings (SSSR count). The summed E-state index contributed by atoms with van der Waals surface area (Å²) in [4.78, 5) is 20.0. The van der Waals surface area contributed by atoms with Crippen LogP contribution < -0.4 is 11.5 Å². The maximum absolute atomic E-state index is 10.3. The van der Waals surface area contributed by atoms with Gasteiger partial charge in [0.05, 0.1) is 20.4 Å². The van der Waals surface area contributed by atoms with Crippen LogP contribution in [0.4, 0.5) is 0 Å². The van der Waals surface area contributed by atoms with Crippen molar-refractivity contribution in [3.63, 3.8) is 0 Å². The number of carboxylic acids is 2. The Hall–Kier alpha value is -1.00. The fraction of sp³-hybridized carbons (Fsp3) is 0.778. The van der Waals surface area contributed by atoms with Crippen molar-refractivity contribution >= 4 is 20.0 Å². The summed E-state index contributed by atoms with van der Waals surface area (Å²) in [6.07, 6.45) is 0. The number of hydrogen-bond acceptors (Lipinski definition) is 6. The molecule has 18 heavy (non-hydrogen) atoms. The van der Waals surface area contributed by atoms with Crippen LogP contribution in [0.25, 0.3) is 0 Å². The number of aliphatic carboxylic acids is 2. The van der Waals surface area contributed by atoms with E-state index in [9.17, 15) is 14.7 Å². The van der Waals surface area contributed by atoms with Crippen LogP contribution in [0.15, 0.2) is 0 Å². The van der Waals surface area contributed by atoms with Crippen LogP contribution in [0.1, 0.15) is 0 Å². The van der Waals surface area contributed by atoms with Crippen molar-refractivity contribution in [1.29, 1.82) is 0 Å². The molecule has 0 fully saturated rings. The Morgan fingerprint density at radius 2 is 1.50 bits per heavy atom. The van der Waals surface area contributed by atoms with Crippen molar-refractivity contribution in [2.75, 3.05) is 6.61 Å². The fourth-order valence-electron chi connectivity index (χ4n) is 0.752. The van der Waals surface area contributed by atoms with Gasteiger partial charge in [0.25, 0.3) is 0 Å². The number of carboxylic acid groups (broad SMARTS) is 2. The van der Waals surface area contributed by atoms with Crippen LogP contribution in [0.5, 0.6) is 0 Å². The first-order valence-corrected chi connectivity index (χ1v) is 8.78. The third-order valence-electron chi connectivity index (χ3n) is 2.03. The predicted molar refractivity (Wildman–Crippen MR) is 67.7 cm³/mol. The highest BCUT2D eigenvalue weighted by Gasteiger charge is 2.33. The van der Waals surface area contributed by atoms with Crippen molar-refractivity contribution in [1.82, 2.24) is 0 Å². The van der Waals surface area contributed by atoms with Gasteiger partial charge in [0.15, 0.2) is 0 Å². The van der Waals surface area contributed by atoms with Crippen LogP contribution in [0, 0.1) is 0 Å². The highest BCUT2D eigenvalue weighted by atomic mass is 28.3. The van der Waals surface area contributed by atoms with Crippen molar-refractivity contribution in [2.45, 2.75) is 37.5 Å². The van der Waals surface area contributed by atoms with Gasteiger partial charge in [0, 0.05) is 0 Å². The van der Waals surface area contributed by atoms with Crippen molar-refractivity contribution in [3.8, 4) is 0 Å². The van der Waals surface area contributed by atoms with E-state index in [-0.39, 0.29) is 0 Å². The molecule has 9 heteroatoms. The van der Waals surface area contributed by atoms with Gasteiger partial charge in [-0.3, -0.25) is 9.59 Å². The van der Waals surface area contributed by atoms with Gasteiger partial charge < -0.3 is 31.9 Å². The van der Waals surface area contributed by atoms with Crippen LogP contribution >= 0.6 is 0 Å². The summed E-state index contributed by atoms with van der Waals surface area (Å²) in [6.45, 7) is 5.12. The van der Waals surface area contributed by atoms with Gasteiger partial charge in [-0.05, 0) is 0 Å². The van der Waals surface area contributed by atoms with Gasteiger partial charge in [-0.25, -0.2) is 0 Å². The molecule has 0 spiro atoms. The molecule has 0 bridgehead atoms. The van der Waals surface area contributed by atoms with E-state index >= 15 is 0 Å². The van der Waals surface area contributed by atoms with Gasteiger partial charge in [-0.1, -0.05) is 19.6 Å². The number of aliphatic hydroxyl groups excluding tert-OH is 2. The Kier molecular flexibility index (Phi) is 8.77. The second-order valence-corrected chi connectivity index (χ2v) is 10.1. The van der Waals surface area contributed by atoms with Crippen LogP contribution in [-0.2, 0) is 9.59 Å². The molecular formula is C9H22N2O6Si. The molecule has 0 aliphatic carbocycles. The second kappa shape index (κ2) is 8.16. The van der Waals surface area contributed by atoms with E-state index in [4.69, 9.17) is 26.8 Å². The smallest absolute Gasteiger partial charge is 0.322 e. The average molecular weight is 282 g/mol. The SMILES string of the molecule is C[Si](C)(C)C(O)[C@H](N)C(=O)O.N[C@@H](CO)C(=O)O. The zero-order chi connectivity index (χ0) is 15.1. The molecule has 1 unspecified atom stereocenters. The van der Waals surface area contributed by atoms with Crippen LogP contribution in [0.3, 0.4) is 0 Å². The lowest BCUT2D eigenvalue weighted by atomic mass is 10.3. The Bertz CT molecular complexity index is 281. The van der Waals surface area contributed by atoms with E-state index in [0.717, 1.165) is 0 Å². The second-order valence-electron chi connectivity index (χ2n) is 4.80. The van der Waals surface area contributed by atoms with E-state index in [1.54, 1.807) is 0 Å². The maximum atomic E-state index is 10.3. The molecule has 0 saturated heterocycles. The molecule has 0 heterocycles. The molecule has 0 amide bonds. The molecule has 0 aliphatic rings. The average Bonchev–Trinajstić information content (AvgIpc) is 2.25. The lowest BCUT2D eigenvalue weighted by Crippen LogP contribution is -2.54. The summed E-state index contributed by atoms with van der Waals surface area (Å²) < 4.78 is 0. The van der Waals surface area contributed by atoms with Gasteiger partial charge >= 0.3 is 11.9 Å². The quantitative estimate of drug-likeness (QED) is 0.315. The Labute approximate surface area is 106 Å². The molecule has 8 N–H and O–H groups in total. The molecular weight excluding hydrogens is 260 g/mol. The van der Waals surface area contributed by atoms with Crippen LogP contribution in [-0.4, -0.2) is 64.9 Å².